The number of hydrogen-bond donors (Lipinski definition) is 2. The van der Waals surface area contributed by atoms with Crippen molar-refractivity contribution in [3.63, 3.8) is 0 Å². The molecule has 0 heterocycles. The predicted molar refractivity (Wildman–Crippen MR) is 81.3 cm³/mol. The van der Waals surface area contributed by atoms with E-state index in [1.807, 2.05) is 36.4 Å². The van der Waals surface area contributed by atoms with Gasteiger partial charge in [-0.3, -0.25) is 9.59 Å². The topological polar surface area (TPSA) is 66.4 Å². The third kappa shape index (κ3) is 2.75. The summed E-state index contributed by atoms with van der Waals surface area (Å²) in [6.45, 7) is 0.427. The summed E-state index contributed by atoms with van der Waals surface area (Å²) in [5, 5.41) is 12.2. The fourth-order valence-corrected chi connectivity index (χ4v) is 3.69. The molecule has 110 valence electrons. The molecule has 4 atom stereocenters. The van der Waals surface area contributed by atoms with Crippen molar-refractivity contribution in [3.8, 4) is 0 Å². The van der Waals surface area contributed by atoms with E-state index in [-0.39, 0.29) is 17.7 Å². The number of benzene rings is 1. The second kappa shape index (κ2) is 5.64. The molecule has 3 rings (SSSR count). The van der Waals surface area contributed by atoms with Crippen LogP contribution >= 0.6 is 15.9 Å². The number of allylic oxidation sites excluding steroid dienone is 2. The first-order chi connectivity index (χ1) is 10.1. The molecule has 21 heavy (non-hydrogen) atoms. The van der Waals surface area contributed by atoms with E-state index in [4.69, 9.17) is 0 Å². The van der Waals surface area contributed by atoms with Crippen molar-refractivity contribution in [1.29, 1.82) is 0 Å². The van der Waals surface area contributed by atoms with Crippen molar-refractivity contribution in [3.05, 3.63) is 46.5 Å². The van der Waals surface area contributed by atoms with Gasteiger partial charge in [0.2, 0.25) is 5.91 Å². The average Bonchev–Trinajstić information content (AvgIpc) is 3.06. The third-order valence-corrected chi connectivity index (χ3v) is 4.96. The smallest absolute Gasteiger partial charge is 0.307 e. The first-order valence-corrected chi connectivity index (χ1v) is 7.79. The molecule has 2 aliphatic rings. The van der Waals surface area contributed by atoms with E-state index in [1.54, 1.807) is 0 Å². The van der Waals surface area contributed by atoms with Gasteiger partial charge in [-0.2, -0.15) is 0 Å². The molecule has 2 bridgehead atoms. The van der Waals surface area contributed by atoms with Gasteiger partial charge < -0.3 is 10.4 Å². The summed E-state index contributed by atoms with van der Waals surface area (Å²) in [7, 11) is 0. The summed E-state index contributed by atoms with van der Waals surface area (Å²) in [6.07, 6.45) is 4.73. The quantitative estimate of drug-likeness (QED) is 0.821. The number of aliphatic carboxylic acids is 1. The number of nitrogens with one attached hydrogen (secondary N) is 1. The molecule has 0 spiro atoms. The van der Waals surface area contributed by atoms with E-state index in [0.717, 1.165) is 16.5 Å². The fourth-order valence-electron chi connectivity index (χ4n) is 3.43. The van der Waals surface area contributed by atoms with E-state index in [9.17, 15) is 14.7 Å². The second-order valence-corrected chi connectivity index (χ2v) is 6.60. The molecule has 0 saturated heterocycles. The van der Waals surface area contributed by atoms with Crippen molar-refractivity contribution in [1.82, 2.24) is 5.32 Å². The van der Waals surface area contributed by atoms with Crippen LogP contribution in [-0.2, 0) is 16.1 Å². The van der Waals surface area contributed by atoms with Gasteiger partial charge in [0, 0.05) is 11.0 Å². The first-order valence-electron chi connectivity index (χ1n) is 6.99. The number of carbonyl (C=O) groups is 2. The number of fused-ring (bicyclic) bond motifs is 2. The Labute approximate surface area is 131 Å². The van der Waals surface area contributed by atoms with Crippen molar-refractivity contribution >= 4 is 27.8 Å². The lowest BCUT2D eigenvalue weighted by molar-refractivity contribution is -0.147. The number of halogens is 1. The Bertz CT molecular complexity index is 596. The molecule has 1 aromatic rings. The zero-order valence-corrected chi connectivity index (χ0v) is 12.9. The largest absolute Gasteiger partial charge is 0.481 e. The third-order valence-electron chi connectivity index (χ3n) is 4.43. The summed E-state index contributed by atoms with van der Waals surface area (Å²) >= 11 is 3.37. The molecular weight excluding hydrogens is 334 g/mol. The lowest BCUT2D eigenvalue weighted by Crippen LogP contribution is -2.39. The predicted octanol–water partition coefficient (Wildman–Crippen LogP) is 2.59. The molecule has 1 aromatic carbocycles. The van der Waals surface area contributed by atoms with Crippen LogP contribution in [0.25, 0.3) is 0 Å². The Balaban J connectivity index is 1.66. The van der Waals surface area contributed by atoms with E-state index in [1.165, 1.54) is 0 Å². The second-order valence-electron chi connectivity index (χ2n) is 5.68. The zero-order chi connectivity index (χ0) is 15.0. The van der Waals surface area contributed by atoms with Crippen molar-refractivity contribution in [2.24, 2.45) is 23.7 Å². The summed E-state index contributed by atoms with van der Waals surface area (Å²) in [5.74, 6) is -1.95. The molecule has 4 unspecified atom stereocenters. The van der Waals surface area contributed by atoms with Crippen LogP contribution in [0.15, 0.2) is 40.9 Å². The standard InChI is InChI=1S/C16H16BrNO3/c17-12-5-1-9(2-6-12)8-18-15(19)13-10-3-4-11(7-10)14(13)16(20)21/h1-6,10-11,13-14H,7-8H2,(H,18,19)(H,20,21). The van der Waals surface area contributed by atoms with Gasteiger partial charge in [0.15, 0.2) is 0 Å². The molecule has 2 N–H and O–H groups in total. The zero-order valence-electron chi connectivity index (χ0n) is 11.3. The Morgan fingerprint density at radius 2 is 1.76 bits per heavy atom. The van der Waals surface area contributed by atoms with E-state index in [2.05, 4.69) is 21.2 Å². The Morgan fingerprint density at radius 1 is 1.14 bits per heavy atom. The van der Waals surface area contributed by atoms with Gasteiger partial charge in [0.05, 0.1) is 11.8 Å². The van der Waals surface area contributed by atoms with Crippen molar-refractivity contribution < 1.29 is 14.7 Å². The van der Waals surface area contributed by atoms with Gasteiger partial charge >= 0.3 is 5.97 Å². The van der Waals surface area contributed by atoms with Gasteiger partial charge in [0.25, 0.3) is 0 Å². The normalized spacial score (nSPS) is 29.6. The van der Waals surface area contributed by atoms with Crippen LogP contribution in [-0.4, -0.2) is 17.0 Å². The fraction of sp³-hybridized carbons (Fsp3) is 0.375. The molecule has 1 amide bonds. The van der Waals surface area contributed by atoms with Gasteiger partial charge in [-0.05, 0) is 36.0 Å². The van der Waals surface area contributed by atoms with Crippen LogP contribution in [0.2, 0.25) is 0 Å². The van der Waals surface area contributed by atoms with Gasteiger partial charge in [-0.1, -0.05) is 40.2 Å². The maximum Gasteiger partial charge on any atom is 0.307 e. The minimum atomic E-state index is -0.865. The highest BCUT2D eigenvalue weighted by atomic mass is 79.9. The van der Waals surface area contributed by atoms with Crippen LogP contribution in [0.4, 0.5) is 0 Å². The molecular formula is C16H16BrNO3. The average molecular weight is 350 g/mol. The molecule has 0 aromatic heterocycles. The lowest BCUT2D eigenvalue weighted by atomic mass is 9.82. The van der Waals surface area contributed by atoms with Crippen LogP contribution in [0.3, 0.4) is 0 Å². The Hall–Kier alpha value is -1.62. The number of hydrogen-bond acceptors (Lipinski definition) is 2. The maximum absolute atomic E-state index is 12.4. The van der Waals surface area contributed by atoms with E-state index in [0.29, 0.717) is 6.54 Å². The van der Waals surface area contributed by atoms with Gasteiger partial charge in [-0.15, -0.1) is 0 Å². The summed E-state index contributed by atoms with van der Waals surface area (Å²) in [4.78, 5) is 23.8. The monoisotopic (exact) mass is 349 g/mol. The molecule has 1 saturated carbocycles. The highest BCUT2D eigenvalue weighted by Crippen LogP contribution is 2.48. The number of amides is 1. The Morgan fingerprint density at radius 3 is 2.38 bits per heavy atom. The summed E-state index contributed by atoms with van der Waals surface area (Å²) in [6, 6.07) is 7.70. The molecule has 4 nitrogen and oxygen atoms in total. The highest BCUT2D eigenvalue weighted by Gasteiger charge is 2.51. The lowest BCUT2D eigenvalue weighted by Gasteiger charge is -2.23. The van der Waals surface area contributed by atoms with Crippen LogP contribution < -0.4 is 5.32 Å². The maximum atomic E-state index is 12.4. The number of carboxylic acid groups (broad SMARTS) is 1. The minimum absolute atomic E-state index is 0.0101. The Kier molecular flexibility index (Phi) is 3.85. The van der Waals surface area contributed by atoms with Crippen LogP contribution in [0.1, 0.15) is 12.0 Å². The molecule has 2 aliphatic carbocycles. The minimum Gasteiger partial charge on any atom is -0.481 e. The van der Waals surface area contributed by atoms with Crippen LogP contribution in [0.5, 0.6) is 0 Å². The molecule has 1 fully saturated rings. The first kappa shape index (κ1) is 14.3. The number of rotatable bonds is 4. The summed E-state index contributed by atoms with van der Waals surface area (Å²) < 4.78 is 0.988. The van der Waals surface area contributed by atoms with Crippen molar-refractivity contribution in [2.75, 3.05) is 0 Å². The molecule has 5 heteroatoms. The van der Waals surface area contributed by atoms with E-state index < -0.39 is 17.8 Å². The van der Waals surface area contributed by atoms with Gasteiger partial charge in [0.1, 0.15) is 0 Å². The van der Waals surface area contributed by atoms with E-state index >= 15 is 0 Å². The summed E-state index contributed by atoms with van der Waals surface area (Å²) in [5.41, 5.74) is 0.997. The number of carbonyl (C=O) groups excluding carboxylic acids is 1. The molecule has 0 aliphatic heterocycles. The highest BCUT2D eigenvalue weighted by molar-refractivity contribution is 9.10. The van der Waals surface area contributed by atoms with Gasteiger partial charge in [-0.25, -0.2) is 0 Å². The van der Waals surface area contributed by atoms with Crippen molar-refractivity contribution in [2.45, 2.75) is 13.0 Å². The van der Waals surface area contributed by atoms with Crippen LogP contribution in [0, 0.1) is 23.7 Å². The SMILES string of the molecule is O=C(O)C1C2C=CC(C2)C1C(=O)NCc1ccc(Br)cc1. The number of carboxylic acids is 1. The molecule has 0 radical (unpaired) electrons.